The van der Waals surface area contributed by atoms with Gasteiger partial charge in [-0.05, 0) is 6.58 Å². The molecular weight excluding hydrogens is 134 g/mol. The molecule has 0 aromatic heterocycles. The lowest BCUT2D eigenvalue weighted by Crippen LogP contribution is -2.08. The van der Waals surface area contributed by atoms with Crippen LogP contribution in [0.15, 0.2) is 12.5 Å². The molecule has 0 fully saturated rings. The van der Waals surface area contributed by atoms with Crippen molar-refractivity contribution in [1.82, 2.24) is 0 Å². The summed E-state index contributed by atoms with van der Waals surface area (Å²) in [5.74, 6) is -0.625. The molecule has 0 spiro atoms. The summed E-state index contributed by atoms with van der Waals surface area (Å²) >= 11 is 0. The number of rotatable bonds is 2. The summed E-state index contributed by atoms with van der Waals surface area (Å²) < 4.78 is 32.0. The maximum atomic E-state index is 9.52. The van der Waals surface area contributed by atoms with Gasteiger partial charge in [0.2, 0.25) is 0 Å². The summed E-state index contributed by atoms with van der Waals surface area (Å²) in [4.78, 5) is 0. The van der Waals surface area contributed by atoms with Gasteiger partial charge in [0.05, 0.1) is 0 Å². The number of hydrogen-bond donors (Lipinski definition) is 1. The Bertz CT molecular complexity index is 185. The zero-order valence-corrected chi connectivity index (χ0v) is 4.64. The normalized spacial score (nSPS) is 10.6. The maximum absolute atomic E-state index is 9.52. The standard InChI is InChI=1S/C2H5NO4S/c1-2(3)7-8(4,5)6/h1,3H2,(H,4,5,6). The first-order valence-electron chi connectivity index (χ1n) is 1.51. The SMILES string of the molecule is C=C(N)OS(=O)(=O)[O-].[H+]. The van der Waals surface area contributed by atoms with Gasteiger partial charge in [-0.15, -0.1) is 0 Å². The Hall–Kier alpha value is -0.750. The van der Waals surface area contributed by atoms with E-state index in [0.29, 0.717) is 0 Å². The van der Waals surface area contributed by atoms with Crippen LogP contribution in [0.5, 0.6) is 0 Å². The Balaban J connectivity index is 0. The molecule has 0 amide bonds. The second-order valence-corrected chi connectivity index (χ2v) is 1.94. The van der Waals surface area contributed by atoms with Crippen molar-refractivity contribution in [3.8, 4) is 0 Å². The Labute approximate surface area is 48.2 Å². The molecule has 0 atom stereocenters. The van der Waals surface area contributed by atoms with Crippen LogP contribution < -0.4 is 5.73 Å². The van der Waals surface area contributed by atoms with Gasteiger partial charge in [-0.25, -0.2) is 8.42 Å². The van der Waals surface area contributed by atoms with E-state index in [-0.39, 0.29) is 1.43 Å². The minimum atomic E-state index is -4.70. The highest BCUT2D eigenvalue weighted by Gasteiger charge is 1.90. The molecule has 2 N–H and O–H groups in total. The Kier molecular flexibility index (Phi) is 1.82. The molecule has 0 unspecified atom stereocenters. The van der Waals surface area contributed by atoms with Crippen LogP contribution in [0.3, 0.4) is 0 Å². The zero-order valence-electron chi connectivity index (χ0n) is 4.83. The molecule has 0 rings (SSSR count). The summed E-state index contributed by atoms with van der Waals surface area (Å²) in [6.07, 6.45) is 0. The highest BCUT2D eigenvalue weighted by Crippen LogP contribution is 1.88. The van der Waals surface area contributed by atoms with E-state index in [4.69, 9.17) is 0 Å². The molecule has 0 aromatic rings. The predicted molar refractivity (Wildman–Crippen MR) is 25.2 cm³/mol. The smallest absolute Gasteiger partial charge is 0.716 e. The minimum absolute atomic E-state index is 0. The van der Waals surface area contributed by atoms with E-state index in [0.717, 1.165) is 0 Å². The second kappa shape index (κ2) is 2.01. The molecule has 0 heterocycles. The largest absolute Gasteiger partial charge is 1.00 e. The van der Waals surface area contributed by atoms with Crippen molar-refractivity contribution in [2.45, 2.75) is 0 Å². The molecule has 0 aliphatic rings. The van der Waals surface area contributed by atoms with Crippen molar-refractivity contribution in [3.05, 3.63) is 12.5 Å². The third kappa shape index (κ3) is 5.25. The number of hydrogen-bond acceptors (Lipinski definition) is 5. The van der Waals surface area contributed by atoms with Gasteiger partial charge in [0.1, 0.15) is 0 Å². The van der Waals surface area contributed by atoms with Gasteiger partial charge >= 0.3 is 1.43 Å². The van der Waals surface area contributed by atoms with Crippen LogP contribution in [0.2, 0.25) is 0 Å². The molecule has 0 aliphatic heterocycles. The van der Waals surface area contributed by atoms with Crippen molar-refractivity contribution < 1.29 is 18.6 Å². The zero-order chi connectivity index (χ0) is 6.78. The molecular formula is C2H5NO4S. The average Bonchev–Trinajstić information content (AvgIpc) is 1.21. The summed E-state index contributed by atoms with van der Waals surface area (Å²) in [7, 11) is -4.70. The molecule has 5 nitrogen and oxygen atoms in total. The van der Waals surface area contributed by atoms with E-state index in [1.165, 1.54) is 0 Å². The van der Waals surface area contributed by atoms with E-state index in [2.05, 4.69) is 16.5 Å². The van der Waals surface area contributed by atoms with E-state index < -0.39 is 16.3 Å². The van der Waals surface area contributed by atoms with Gasteiger partial charge in [-0.2, -0.15) is 0 Å². The Morgan fingerprint density at radius 1 is 1.88 bits per heavy atom. The van der Waals surface area contributed by atoms with Crippen LogP contribution in [0.4, 0.5) is 0 Å². The lowest BCUT2D eigenvalue weighted by atomic mass is 11.0. The van der Waals surface area contributed by atoms with Crippen molar-refractivity contribution >= 4 is 10.4 Å². The van der Waals surface area contributed by atoms with Crippen LogP contribution in [0.1, 0.15) is 1.43 Å². The van der Waals surface area contributed by atoms with Gasteiger partial charge < -0.3 is 14.5 Å². The van der Waals surface area contributed by atoms with Gasteiger partial charge in [-0.1, -0.05) is 0 Å². The van der Waals surface area contributed by atoms with Crippen molar-refractivity contribution in [3.63, 3.8) is 0 Å². The Morgan fingerprint density at radius 2 is 2.25 bits per heavy atom. The first-order chi connectivity index (χ1) is 3.42. The first-order valence-corrected chi connectivity index (χ1v) is 2.85. The molecule has 0 bridgehead atoms. The molecule has 0 saturated heterocycles. The van der Waals surface area contributed by atoms with Crippen LogP contribution in [0, 0.1) is 0 Å². The van der Waals surface area contributed by atoms with Crippen molar-refractivity contribution in [1.29, 1.82) is 0 Å². The lowest BCUT2D eigenvalue weighted by molar-refractivity contribution is 0.320. The minimum Gasteiger partial charge on any atom is -0.716 e. The molecule has 0 aromatic carbocycles. The number of nitrogens with two attached hydrogens (primary N) is 1. The molecule has 48 valence electrons. The van der Waals surface area contributed by atoms with Crippen molar-refractivity contribution in [2.24, 2.45) is 5.73 Å². The summed E-state index contributed by atoms with van der Waals surface area (Å²) in [6, 6.07) is 0. The van der Waals surface area contributed by atoms with Gasteiger partial charge in [0.15, 0.2) is 5.88 Å². The summed E-state index contributed by atoms with van der Waals surface area (Å²) in [5.41, 5.74) is 4.58. The maximum Gasteiger partial charge on any atom is 1.00 e. The molecule has 6 heteroatoms. The van der Waals surface area contributed by atoms with Crippen molar-refractivity contribution in [2.75, 3.05) is 0 Å². The van der Waals surface area contributed by atoms with Gasteiger partial charge in [0.25, 0.3) is 10.4 Å². The lowest BCUT2D eigenvalue weighted by Gasteiger charge is -2.05. The Morgan fingerprint density at radius 3 is 2.25 bits per heavy atom. The molecule has 0 saturated carbocycles. The highest BCUT2D eigenvalue weighted by molar-refractivity contribution is 7.80. The third-order valence-electron chi connectivity index (χ3n) is 0.209. The summed E-state index contributed by atoms with van der Waals surface area (Å²) in [5, 5.41) is 0. The average molecular weight is 139 g/mol. The van der Waals surface area contributed by atoms with E-state index >= 15 is 0 Å². The van der Waals surface area contributed by atoms with E-state index in [1.54, 1.807) is 0 Å². The van der Waals surface area contributed by atoms with Crippen LogP contribution in [-0.2, 0) is 14.6 Å². The van der Waals surface area contributed by atoms with E-state index in [1.807, 2.05) is 0 Å². The van der Waals surface area contributed by atoms with Crippen LogP contribution in [0.25, 0.3) is 0 Å². The monoisotopic (exact) mass is 139 g/mol. The topological polar surface area (TPSA) is 92.5 Å². The summed E-state index contributed by atoms with van der Waals surface area (Å²) in [6.45, 7) is 2.82. The second-order valence-electron chi connectivity index (χ2n) is 0.958. The van der Waals surface area contributed by atoms with Crippen LogP contribution >= 0.6 is 0 Å². The van der Waals surface area contributed by atoms with Gasteiger partial charge in [-0.3, -0.25) is 0 Å². The third-order valence-corrected chi connectivity index (χ3v) is 0.627. The fraction of sp³-hybridized carbons (Fsp3) is 0. The van der Waals surface area contributed by atoms with Crippen LogP contribution in [-0.4, -0.2) is 13.0 Å². The molecule has 0 radical (unpaired) electrons. The molecule has 8 heavy (non-hydrogen) atoms. The highest BCUT2D eigenvalue weighted by atomic mass is 32.3. The first kappa shape index (κ1) is 7.25. The van der Waals surface area contributed by atoms with Gasteiger partial charge in [0, 0.05) is 0 Å². The quantitative estimate of drug-likeness (QED) is 0.301. The molecule has 0 aliphatic carbocycles. The predicted octanol–water partition coefficient (Wildman–Crippen LogP) is -0.994. The fourth-order valence-electron chi connectivity index (χ4n) is 0.131. The van der Waals surface area contributed by atoms with E-state index in [9.17, 15) is 13.0 Å². The fourth-order valence-corrected chi connectivity index (χ4v) is 0.393.